The Balaban J connectivity index is 2.34. The van der Waals surface area contributed by atoms with Gasteiger partial charge >= 0.3 is 5.69 Å². The average molecular weight is 225 g/mol. The van der Waals surface area contributed by atoms with Crippen molar-refractivity contribution in [1.29, 1.82) is 0 Å². The number of nitrogens with zero attached hydrogens (tertiary/aromatic N) is 3. The Labute approximate surface area is 91.2 Å². The minimum atomic E-state index is -0.547. The number of carbonyl (C=O) groups is 1. The molecule has 7 nitrogen and oxygen atoms in total. The lowest BCUT2D eigenvalue weighted by Crippen LogP contribution is -2.22. The lowest BCUT2D eigenvalue weighted by Gasteiger charge is -2.21. The molecule has 0 N–H and O–H groups in total. The number of carbonyl (C=O) groups excluding carboxylic acids is 1. The summed E-state index contributed by atoms with van der Waals surface area (Å²) in [6, 6.07) is 0. The highest BCUT2D eigenvalue weighted by molar-refractivity contribution is 5.79. The van der Waals surface area contributed by atoms with Crippen LogP contribution < -0.4 is 0 Å². The zero-order valence-electron chi connectivity index (χ0n) is 8.75. The molecule has 1 aliphatic heterocycles. The summed E-state index contributed by atoms with van der Waals surface area (Å²) in [5, 5.41) is 14.6. The van der Waals surface area contributed by atoms with E-state index in [1.54, 1.807) is 7.05 Å². The van der Waals surface area contributed by atoms with Crippen molar-refractivity contribution >= 4 is 11.5 Å². The molecular weight excluding hydrogens is 214 g/mol. The summed E-state index contributed by atoms with van der Waals surface area (Å²) in [5.74, 6) is 0.0618. The molecule has 1 atom stereocenters. The maximum atomic E-state index is 11.3. The third-order valence-corrected chi connectivity index (χ3v) is 2.58. The van der Waals surface area contributed by atoms with Gasteiger partial charge in [-0.2, -0.15) is 5.10 Å². The molecule has 0 saturated carbocycles. The first-order valence-electron chi connectivity index (χ1n) is 4.89. The van der Waals surface area contributed by atoms with Crippen LogP contribution in [-0.2, 0) is 16.6 Å². The fourth-order valence-electron chi connectivity index (χ4n) is 1.81. The zero-order valence-corrected chi connectivity index (χ0v) is 8.75. The molecule has 7 heteroatoms. The first kappa shape index (κ1) is 10.7. The number of nitro groups is 1. The largest absolute Gasteiger partial charge is 0.371 e. The number of ether oxygens (including phenoxy) is 1. The van der Waals surface area contributed by atoms with E-state index in [2.05, 4.69) is 5.10 Å². The maximum absolute atomic E-state index is 11.3. The van der Waals surface area contributed by atoms with E-state index < -0.39 is 11.0 Å². The van der Waals surface area contributed by atoms with Crippen molar-refractivity contribution in [3.63, 3.8) is 0 Å². The molecule has 1 aromatic rings. The van der Waals surface area contributed by atoms with Gasteiger partial charge < -0.3 is 4.74 Å². The van der Waals surface area contributed by atoms with Crippen LogP contribution in [0.25, 0.3) is 0 Å². The second kappa shape index (κ2) is 4.01. The van der Waals surface area contributed by atoms with Gasteiger partial charge in [0.2, 0.25) is 0 Å². The van der Waals surface area contributed by atoms with Crippen LogP contribution in [0.1, 0.15) is 24.6 Å². The van der Waals surface area contributed by atoms with Gasteiger partial charge in [-0.15, -0.1) is 0 Å². The highest BCUT2D eigenvalue weighted by Crippen LogP contribution is 2.31. The number of aromatic nitrogens is 2. The standard InChI is InChI=1S/C9H11N3O4/c1-11-9(7(5-10-11)12(14)15)8-4-6(13)2-3-16-8/h5,8H,2-4H2,1H3/t8-/m0/s1. The average Bonchev–Trinajstić information content (AvgIpc) is 2.60. The summed E-state index contributed by atoms with van der Waals surface area (Å²) < 4.78 is 6.77. The van der Waals surface area contributed by atoms with Crippen molar-refractivity contribution in [2.24, 2.45) is 7.05 Å². The number of Topliss-reactive ketones (excluding diaryl/α,β-unsaturated/α-hetero) is 1. The van der Waals surface area contributed by atoms with E-state index in [9.17, 15) is 14.9 Å². The third kappa shape index (κ3) is 1.81. The summed E-state index contributed by atoms with van der Waals surface area (Å²) in [7, 11) is 1.60. The Hall–Kier alpha value is -1.76. The van der Waals surface area contributed by atoms with Crippen molar-refractivity contribution in [3.05, 3.63) is 22.0 Å². The fraction of sp³-hybridized carbons (Fsp3) is 0.556. The van der Waals surface area contributed by atoms with Crippen LogP contribution in [-0.4, -0.2) is 27.1 Å². The molecule has 1 saturated heterocycles. The van der Waals surface area contributed by atoms with E-state index in [-0.39, 0.29) is 17.9 Å². The fourth-order valence-corrected chi connectivity index (χ4v) is 1.81. The summed E-state index contributed by atoms with van der Waals surface area (Å²) in [5.41, 5.74) is 0.264. The molecule has 2 heterocycles. The number of rotatable bonds is 2. The number of ketones is 1. The molecule has 1 fully saturated rings. The lowest BCUT2D eigenvalue weighted by molar-refractivity contribution is -0.386. The molecule has 1 aliphatic rings. The summed E-state index contributed by atoms with van der Waals surface area (Å²) >= 11 is 0. The molecule has 0 amide bonds. The van der Waals surface area contributed by atoms with Crippen molar-refractivity contribution in [2.75, 3.05) is 6.61 Å². The van der Waals surface area contributed by atoms with Gasteiger partial charge in [0.1, 0.15) is 23.8 Å². The predicted octanol–water partition coefficient (Wildman–Crippen LogP) is 0.749. The van der Waals surface area contributed by atoms with Gasteiger partial charge in [0.25, 0.3) is 0 Å². The van der Waals surface area contributed by atoms with E-state index in [4.69, 9.17) is 4.74 Å². The zero-order chi connectivity index (χ0) is 11.7. The van der Waals surface area contributed by atoms with Gasteiger partial charge in [0, 0.05) is 19.9 Å². The number of hydrogen-bond acceptors (Lipinski definition) is 5. The van der Waals surface area contributed by atoms with Crippen LogP contribution in [0.3, 0.4) is 0 Å². The molecule has 2 rings (SSSR count). The first-order valence-corrected chi connectivity index (χ1v) is 4.89. The normalized spacial score (nSPS) is 21.1. The quantitative estimate of drug-likeness (QED) is 0.547. The van der Waals surface area contributed by atoms with Gasteiger partial charge in [-0.1, -0.05) is 0 Å². The topological polar surface area (TPSA) is 87.3 Å². The smallest absolute Gasteiger partial charge is 0.312 e. The molecule has 0 unspecified atom stereocenters. The van der Waals surface area contributed by atoms with Crippen LogP contribution in [0.15, 0.2) is 6.20 Å². The summed E-state index contributed by atoms with van der Waals surface area (Å²) in [4.78, 5) is 21.5. The monoisotopic (exact) mass is 225 g/mol. The van der Waals surface area contributed by atoms with Crippen molar-refractivity contribution in [1.82, 2.24) is 9.78 Å². The number of hydrogen-bond donors (Lipinski definition) is 0. The van der Waals surface area contributed by atoms with Crippen molar-refractivity contribution in [2.45, 2.75) is 18.9 Å². The molecule has 0 aromatic carbocycles. The van der Waals surface area contributed by atoms with Crippen LogP contribution >= 0.6 is 0 Å². The molecule has 0 aliphatic carbocycles. The molecule has 86 valence electrons. The second-order valence-electron chi connectivity index (χ2n) is 3.65. The Kier molecular flexibility index (Phi) is 2.69. The molecule has 1 aromatic heterocycles. The Morgan fingerprint density at radius 3 is 3.06 bits per heavy atom. The summed E-state index contributed by atoms with van der Waals surface area (Å²) in [6.45, 7) is 0.311. The van der Waals surface area contributed by atoms with E-state index in [1.807, 2.05) is 0 Å². The first-order chi connectivity index (χ1) is 7.59. The number of aryl methyl sites for hydroxylation is 1. The minimum Gasteiger partial charge on any atom is -0.371 e. The highest BCUT2D eigenvalue weighted by Gasteiger charge is 2.31. The van der Waals surface area contributed by atoms with Gasteiger partial charge in [-0.05, 0) is 0 Å². The second-order valence-corrected chi connectivity index (χ2v) is 3.65. The SMILES string of the molecule is Cn1ncc([N+](=O)[O-])c1[C@@H]1CC(=O)CCO1. The summed E-state index contributed by atoms with van der Waals surface area (Å²) in [6.07, 6.45) is 1.19. The van der Waals surface area contributed by atoms with E-state index >= 15 is 0 Å². The Morgan fingerprint density at radius 2 is 2.44 bits per heavy atom. The predicted molar refractivity (Wildman–Crippen MR) is 52.8 cm³/mol. The van der Waals surface area contributed by atoms with Crippen LogP contribution in [0, 0.1) is 10.1 Å². The van der Waals surface area contributed by atoms with Gasteiger partial charge in [-0.3, -0.25) is 19.6 Å². The van der Waals surface area contributed by atoms with Gasteiger partial charge in [0.15, 0.2) is 0 Å². The molecular formula is C9H11N3O4. The van der Waals surface area contributed by atoms with Crippen molar-refractivity contribution < 1.29 is 14.5 Å². The lowest BCUT2D eigenvalue weighted by atomic mass is 10.0. The molecule has 0 bridgehead atoms. The highest BCUT2D eigenvalue weighted by atomic mass is 16.6. The Bertz CT molecular complexity index is 440. The maximum Gasteiger partial charge on any atom is 0.312 e. The van der Waals surface area contributed by atoms with Crippen LogP contribution in [0.5, 0.6) is 0 Å². The van der Waals surface area contributed by atoms with Gasteiger partial charge in [-0.25, -0.2) is 0 Å². The molecule has 0 spiro atoms. The van der Waals surface area contributed by atoms with Crippen LogP contribution in [0.2, 0.25) is 0 Å². The molecule has 0 radical (unpaired) electrons. The minimum absolute atomic E-state index is 0.0618. The van der Waals surface area contributed by atoms with E-state index in [0.29, 0.717) is 18.7 Å². The van der Waals surface area contributed by atoms with Crippen LogP contribution in [0.4, 0.5) is 5.69 Å². The third-order valence-electron chi connectivity index (χ3n) is 2.58. The molecule has 16 heavy (non-hydrogen) atoms. The van der Waals surface area contributed by atoms with E-state index in [0.717, 1.165) is 0 Å². The van der Waals surface area contributed by atoms with Crippen molar-refractivity contribution in [3.8, 4) is 0 Å². The van der Waals surface area contributed by atoms with Gasteiger partial charge in [0.05, 0.1) is 11.5 Å². The Morgan fingerprint density at radius 1 is 1.69 bits per heavy atom. The van der Waals surface area contributed by atoms with E-state index in [1.165, 1.54) is 10.9 Å².